The van der Waals surface area contributed by atoms with Gasteiger partial charge in [-0.3, -0.25) is 9.59 Å². The van der Waals surface area contributed by atoms with Crippen molar-refractivity contribution in [3.05, 3.63) is 23.9 Å². The Labute approximate surface area is 113 Å². The zero-order chi connectivity index (χ0) is 14.1. The molecule has 2 amide bonds. The Bertz CT molecular complexity index is 434. The van der Waals surface area contributed by atoms with E-state index in [2.05, 4.69) is 20.9 Å². The van der Waals surface area contributed by atoms with Gasteiger partial charge in [-0.2, -0.15) is 0 Å². The molecule has 0 aliphatic rings. The molecule has 0 aliphatic heterocycles. The third kappa shape index (κ3) is 4.95. The number of hydrogen-bond donors (Lipinski definition) is 3. The van der Waals surface area contributed by atoms with Crippen LogP contribution in [0, 0.1) is 0 Å². The number of pyridine rings is 1. The average molecular weight is 264 g/mol. The lowest BCUT2D eigenvalue weighted by molar-refractivity contribution is -0.120. The molecule has 3 N–H and O–H groups in total. The van der Waals surface area contributed by atoms with Crippen LogP contribution >= 0.6 is 0 Å². The molecule has 104 valence electrons. The summed E-state index contributed by atoms with van der Waals surface area (Å²) in [6, 6.07) is 3.42. The molecule has 0 radical (unpaired) electrons. The van der Waals surface area contributed by atoms with Gasteiger partial charge in [-0.1, -0.05) is 6.92 Å². The van der Waals surface area contributed by atoms with E-state index in [0.717, 1.165) is 13.0 Å². The molecule has 0 atom stereocenters. The largest absolute Gasteiger partial charge is 0.369 e. The van der Waals surface area contributed by atoms with Crippen molar-refractivity contribution in [1.82, 2.24) is 15.6 Å². The van der Waals surface area contributed by atoms with E-state index in [0.29, 0.717) is 17.9 Å². The number of hydrogen-bond acceptors (Lipinski definition) is 4. The van der Waals surface area contributed by atoms with Crippen LogP contribution in [0.4, 0.5) is 5.82 Å². The topological polar surface area (TPSA) is 83.1 Å². The molecule has 0 saturated carbocycles. The van der Waals surface area contributed by atoms with Gasteiger partial charge in [0, 0.05) is 32.8 Å². The van der Waals surface area contributed by atoms with E-state index < -0.39 is 0 Å². The fraction of sp³-hybridized carbons (Fsp3) is 0.462. The lowest BCUT2D eigenvalue weighted by atomic mass is 10.2. The lowest BCUT2D eigenvalue weighted by Gasteiger charge is -2.10. The highest BCUT2D eigenvalue weighted by atomic mass is 16.2. The maximum atomic E-state index is 12.0. The van der Waals surface area contributed by atoms with Gasteiger partial charge in [-0.25, -0.2) is 4.98 Å². The molecule has 1 aromatic heterocycles. The van der Waals surface area contributed by atoms with Gasteiger partial charge in [0.2, 0.25) is 5.91 Å². The van der Waals surface area contributed by atoms with E-state index in [1.54, 1.807) is 25.4 Å². The zero-order valence-electron chi connectivity index (χ0n) is 11.3. The normalized spacial score (nSPS) is 9.79. The van der Waals surface area contributed by atoms with Gasteiger partial charge in [0.25, 0.3) is 5.91 Å². The molecule has 0 aromatic carbocycles. The number of aromatic nitrogens is 1. The van der Waals surface area contributed by atoms with Crippen LogP contribution in [0.15, 0.2) is 18.3 Å². The Morgan fingerprint density at radius 1 is 1.32 bits per heavy atom. The van der Waals surface area contributed by atoms with Crippen molar-refractivity contribution in [2.75, 3.05) is 25.5 Å². The summed E-state index contributed by atoms with van der Waals surface area (Å²) in [6.45, 7) is 3.11. The Balaban J connectivity index is 2.58. The highest BCUT2D eigenvalue weighted by Gasteiger charge is 2.11. The van der Waals surface area contributed by atoms with Gasteiger partial charge >= 0.3 is 0 Å². The molecule has 0 aliphatic carbocycles. The van der Waals surface area contributed by atoms with Gasteiger partial charge in [-0.15, -0.1) is 0 Å². The molecule has 0 fully saturated rings. The summed E-state index contributed by atoms with van der Waals surface area (Å²) >= 11 is 0. The van der Waals surface area contributed by atoms with Crippen LogP contribution in [0.25, 0.3) is 0 Å². The summed E-state index contributed by atoms with van der Waals surface area (Å²) in [5.74, 6) is 0.244. The highest BCUT2D eigenvalue weighted by Crippen LogP contribution is 2.11. The van der Waals surface area contributed by atoms with E-state index in [1.807, 2.05) is 6.92 Å². The molecule has 0 unspecified atom stereocenters. The van der Waals surface area contributed by atoms with Crippen molar-refractivity contribution >= 4 is 17.6 Å². The van der Waals surface area contributed by atoms with Crippen molar-refractivity contribution in [2.24, 2.45) is 0 Å². The number of nitrogens with zero attached hydrogens (tertiary/aromatic N) is 1. The zero-order valence-corrected chi connectivity index (χ0v) is 11.3. The lowest BCUT2D eigenvalue weighted by Crippen LogP contribution is -2.29. The monoisotopic (exact) mass is 264 g/mol. The molecular weight excluding hydrogens is 244 g/mol. The van der Waals surface area contributed by atoms with E-state index in [1.165, 1.54) is 0 Å². The van der Waals surface area contributed by atoms with Crippen LogP contribution in [0.5, 0.6) is 0 Å². The molecule has 6 heteroatoms. The van der Waals surface area contributed by atoms with Gasteiger partial charge in [0.1, 0.15) is 5.82 Å². The minimum Gasteiger partial charge on any atom is -0.369 e. The summed E-state index contributed by atoms with van der Waals surface area (Å²) in [7, 11) is 1.57. The first kappa shape index (κ1) is 14.9. The fourth-order valence-corrected chi connectivity index (χ4v) is 1.48. The summed E-state index contributed by atoms with van der Waals surface area (Å²) < 4.78 is 0. The fourth-order valence-electron chi connectivity index (χ4n) is 1.48. The minimum atomic E-state index is -0.226. The second-order valence-corrected chi connectivity index (χ2v) is 4.01. The van der Waals surface area contributed by atoms with Crippen LogP contribution < -0.4 is 16.0 Å². The van der Waals surface area contributed by atoms with Crippen molar-refractivity contribution in [1.29, 1.82) is 0 Å². The minimum absolute atomic E-state index is 0.101. The average Bonchev–Trinajstić information content (AvgIpc) is 2.45. The van der Waals surface area contributed by atoms with E-state index in [-0.39, 0.29) is 18.2 Å². The van der Waals surface area contributed by atoms with E-state index in [4.69, 9.17) is 0 Å². The Kier molecular flexibility index (Phi) is 6.35. The molecule has 6 nitrogen and oxygen atoms in total. The van der Waals surface area contributed by atoms with Crippen molar-refractivity contribution < 1.29 is 9.59 Å². The SMILES string of the molecule is CCCNc1ncccc1C(=O)NCCC(=O)NC. The first-order chi connectivity index (χ1) is 9.19. The summed E-state index contributed by atoms with van der Waals surface area (Å²) in [6.07, 6.45) is 2.85. The van der Waals surface area contributed by atoms with Gasteiger partial charge in [0.05, 0.1) is 5.56 Å². The van der Waals surface area contributed by atoms with Gasteiger partial charge < -0.3 is 16.0 Å². The summed E-state index contributed by atoms with van der Waals surface area (Å²) in [5.41, 5.74) is 0.493. The molecule has 19 heavy (non-hydrogen) atoms. The van der Waals surface area contributed by atoms with Gasteiger partial charge in [-0.05, 0) is 18.6 Å². The van der Waals surface area contributed by atoms with Crippen LogP contribution in [-0.2, 0) is 4.79 Å². The predicted octanol–water partition coefficient (Wildman–Crippen LogP) is 0.769. The predicted molar refractivity (Wildman–Crippen MR) is 74.0 cm³/mol. The van der Waals surface area contributed by atoms with Crippen molar-refractivity contribution in [3.8, 4) is 0 Å². The van der Waals surface area contributed by atoms with Crippen LogP contribution in [0.1, 0.15) is 30.1 Å². The smallest absolute Gasteiger partial charge is 0.255 e. The maximum absolute atomic E-state index is 12.0. The number of amides is 2. The molecule has 1 aromatic rings. The van der Waals surface area contributed by atoms with Crippen molar-refractivity contribution in [2.45, 2.75) is 19.8 Å². The standard InChI is InChI=1S/C13H20N4O2/c1-3-7-15-12-10(5-4-8-16-12)13(19)17-9-6-11(18)14-2/h4-5,8H,3,6-7,9H2,1-2H3,(H,14,18)(H,15,16)(H,17,19). The molecule has 0 bridgehead atoms. The summed E-state index contributed by atoms with van der Waals surface area (Å²) in [5, 5.41) is 8.31. The third-order valence-electron chi connectivity index (χ3n) is 2.51. The van der Waals surface area contributed by atoms with E-state index in [9.17, 15) is 9.59 Å². The quantitative estimate of drug-likeness (QED) is 0.679. The second-order valence-electron chi connectivity index (χ2n) is 4.01. The Morgan fingerprint density at radius 2 is 2.11 bits per heavy atom. The maximum Gasteiger partial charge on any atom is 0.255 e. The first-order valence-electron chi connectivity index (χ1n) is 6.36. The molecule has 0 saturated heterocycles. The van der Waals surface area contributed by atoms with Crippen molar-refractivity contribution in [3.63, 3.8) is 0 Å². The summed E-state index contributed by atoms with van der Waals surface area (Å²) in [4.78, 5) is 27.2. The molecule has 1 rings (SSSR count). The number of anilines is 1. The van der Waals surface area contributed by atoms with Gasteiger partial charge in [0.15, 0.2) is 0 Å². The first-order valence-corrected chi connectivity index (χ1v) is 6.36. The number of rotatable bonds is 7. The van der Waals surface area contributed by atoms with Crippen LogP contribution in [-0.4, -0.2) is 36.9 Å². The number of carbonyl (C=O) groups is 2. The number of carbonyl (C=O) groups excluding carboxylic acids is 2. The molecule has 0 spiro atoms. The molecular formula is C13H20N4O2. The second kappa shape index (κ2) is 8.07. The van der Waals surface area contributed by atoms with Crippen LogP contribution in [0.3, 0.4) is 0 Å². The number of nitrogens with one attached hydrogen (secondary N) is 3. The molecule has 1 heterocycles. The Morgan fingerprint density at radius 3 is 2.79 bits per heavy atom. The van der Waals surface area contributed by atoms with E-state index >= 15 is 0 Å². The Hall–Kier alpha value is -2.11. The third-order valence-corrected chi connectivity index (χ3v) is 2.51. The highest BCUT2D eigenvalue weighted by molar-refractivity contribution is 5.98. The van der Waals surface area contributed by atoms with Crippen LogP contribution in [0.2, 0.25) is 0 Å².